The molecule has 1 heterocycles. The van der Waals surface area contributed by atoms with Crippen LogP contribution in [-0.4, -0.2) is 24.5 Å². The smallest absolute Gasteiger partial charge is 0.191 e. The quantitative estimate of drug-likeness (QED) is 0.626. The van der Waals surface area contributed by atoms with E-state index >= 15 is 0 Å². The lowest BCUT2D eigenvalue weighted by Crippen LogP contribution is -2.42. The van der Waals surface area contributed by atoms with Crippen LogP contribution in [0.4, 0.5) is 0 Å². The van der Waals surface area contributed by atoms with Gasteiger partial charge in [0.15, 0.2) is 5.96 Å². The summed E-state index contributed by atoms with van der Waals surface area (Å²) in [5, 5.41) is 8.01. The highest BCUT2D eigenvalue weighted by atomic mass is 32.1. The summed E-state index contributed by atoms with van der Waals surface area (Å²) in [7, 11) is 1.84. The van der Waals surface area contributed by atoms with Gasteiger partial charge < -0.3 is 10.6 Å². The molecular weight excluding hydrogens is 280 g/mol. The van der Waals surface area contributed by atoms with Gasteiger partial charge in [0, 0.05) is 24.7 Å². The van der Waals surface area contributed by atoms with E-state index in [0.29, 0.717) is 5.41 Å². The molecule has 0 radical (unpaired) electrons. The Hall–Kier alpha value is -1.10. The van der Waals surface area contributed by atoms with Gasteiger partial charge in [0.1, 0.15) is 5.01 Å². The van der Waals surface area contributed by atoms with Crippen molar-refractivity contribution in [2.75, 3.05) is 13.6 Å². The SMILES string of the molecule is CCc1cnc(CNC(=NC)NCC2(CC)CCCC2)s1. The standard InChI is InChI=1S/C16H28N4S/c1-4-13-10-18-14(21-13)11-19-15(17-3)20-12-16(5-2)8-6-7-9-16/h10H,4-9,11-12H2,1-3H3,(H2,17,19,20). The maximum absolute atomic E-state index is 4.43. The van der Waals surface area contributed by atoms with E-state index in [4.69, 9.17) is 0 Å². The third kappa shape index (κ3) is 4.43. The van der Waals surface area contributed by atoms with Crippen molar-refractivity contribution in [1.82, 2.24) is 15.6 Å². The number of aromatic nitrogens is 1. The second-order valence-electron chi connectivity index (χ2n) is 5.91. The summed E-state index contributed by atoms with van der Waals surface area (Å²) in [6.45, 7) is 6.26. The lowest BCUT2D eigenvalue weighted by molar-refractivity contribution is 0.283. The van der Waals surface area contributed by atoms with Crippen LogP contribution >= 0.6 is 11.3 Å². The summed E-state index contributed by atoms with van der Waals surface area (Å²) in [6.07, 6.45) is 9.73. The first-order valence-electron chi connectivity index (χ1n) is 8.09. The Morgan fingerprint density at radius 3 is 2.67 bits per heavy atom. The fraction of sp³-hybridized carbons (Fsp3) is 0.750. The molecule has 0 aliphatic heterocycles. The van der Waals surface area contributed by atoms with Crippen molar-refractivity contribution in [2.24, 2.45) is 10.4 Å². The highest BCUT2D eigenvalue weighted by Crippen LogP contribution is 2.40. The van der Waals surface area contributed by atoms with Crippen molar-refractivity contribution >= 4 is 17.3 Å². The zero-order valence-corrected chi connectivity index (χ0v) is 14.4. The number of guanidine groups is 1. The molecule has 1 aromatic rings. The van der Waals surface area contributed by atoms with E-state index in [2.05, 4.69) is 34.5 Å². The molecule has 0 spiro atoms. The van der Waals surface area contributed by atoms with E-state index in [1.54, 1.807) is 11.3 Å². The lowest BCUT2D eigenvalue weighted by Gasteiger charge is -2.28. The van der Waals surface area contributed by atoms with Crippen LogP contribution in [0.25, 0.3) is 0 Å². The molecule has 1 saturated carbocycles. The Bertz CT molecular complexity index is 461. The lowest BCUT2D eigenvalue weighted by atomic mass is 9.83. The third-order valence-corrected chi connectivity index (χ3v) is 5.77. The molecule has 1 aliphatic rings. The Morgan fingerprint density at radius 1 is 1.33 bits per heavy atom. The van der Waals surface area contributed by atoms with Crippen molar-refractivity contribution in [3.63, 3.8) is 0 Å². The number of hydrogen-bond donors (Lipinski definition) is 2. The highest BCUT2D eigenvalue weighted by molar-refractivity contribution is 7.11. The average molecular weight is 308 g/mol. The van der Waals surface area contributed by atoms with Gasteiger partial charge in [-0.1, -0.05) is 26.7 Å². The van der Waals surface area contributed by atoms with Crippen LogP contribution in [0.1, 0.15) is 55.8 Å². The summed E-state index contributed by atoms with van der Waals surface area (Å²) in [5.74, 6) is 0.892. The summed E-state index contributed by atoms with van der Waals surface area (Å²) >= 11 is 1.78. The Labute approximate surface area is 132 Å². The summed E-state index contributed by atoms with van der Waals surface area (Å²) in [5.41, 5.74) is 0.480. The maximum Gasteiger partial charge on any atom is 0.191 e. The highest BCUT2D eigenvalue weighted by Gasteiger charge is 2.31. The van der Waals surface area contributed by atoms with Gasteiger partial charge in [-0.2, -0.15) is 0 Å². The Kier molecular flexibility index (Phi) is 6.03. The number of aliphatic imine (C=N–C) groups is 1. The predicted octanol–water partition coefficient (Wildman–Crippen LogP) is 3.34. The molecule has 21 heavy (non-hydrogen) atoms. The second-order valence-corrected chi connectivity index (χ2v) is 7.11. The van der Waals surface area contributed by atoms with E-state index < -0.39 is 0 Å². The summed E-state index contributed by atoms with van der Waals surface area (Å²) in [4.78, 5) is 10.1. The van der Waals surface area contributed by atoms with Crippen molar-refractivity contribution < 1.29 is 0 Å². The van der Waals surface area contributed by atoms with Gasteiger partial charge in [0.05, 0.1) is 6.54 Å². The van der Waals surface area contributed by atoms with Gasteiger partial charge >= 0.3 is 0 Å². The first-order chi connectivity index (χ1) is 10.2. The minimum absolute atomic E-state index is 0.480. The maximum atomic E-state index is 4.43. The molecule has 1 fully saturated rings. The van der Waals surface area contributed by atoms with Crippen LogP contribution in [0.15, 0.2) is 11.2 Å². The average Bonchev–Trinajstić information content (AvgIpc) is 3.17. The first-order valence-corrected chi connectivity index (χ1v) is 8.91. The van der Waals surface area contributed by atoms with Gasteiger partial charge in [-0.25, -0.2) is 4.98 Å². The molecule has 1 aromatic heterocycles. The van der Waals surface area contributed by atoms with Gasteiger partial charge in [0.25, 0.3) is 0 Å². The molecule has 0 atom stereocenters. The summed E-state index contributed by atoms with van der Waals surface area (Å²) in [6, 6.07) is 0. The molecule has 2 N–H and O–H groups in total. The molecule has 0 aromatic carbocycles. The van der Waals surface area contributed by atoms with E-state index in [1.807, 2.05) is 13.2 Å². The minimum atomic E-state index is 0.480. The number of nitrogens with zero attached hydrogens (tertiary/aromatic N) is 2. The fourth-order valence-electron chi connectivity index (χ4n) is 3.02. The molecular formula is C16H28N4S. The Morgan fingerprint density at radius 2 is 2.10 bits per heavy atom. The van der Waals surface area contributed by atoms with E-state index in [1.165, 1.54) is 37.0 Å². The normalized spacial score (nSPS) is 18.0. The van der Waals surface area contributed by atoms with Gasteiger partial charge in [0.2, 0.25) is 0 Å². The molecule has 1 aliphatic carbocycles. The largest absolute Gasteiger partial charge is 0.356 e. The topological polar surface area (TPSA) is 49.3 Å². The Balaban J connectivity index is 1.80. The molecule has 2 rings (SSSR count). The van der Waals surface area contributed by atoms with Crippen molar-refractivity contribution in [1.29, 1.82) is 0 Å². The van der Waals surface area contributed by atoms with Gasteiger partial charge in [-0.3, -0.25) is 4.99 Å². The first kappa shape index (κ1) is 16.3. The van der Waals surface area contributed by atoms with Crippen LogP contribution in [0.3, 0.4) is 0 Å². The van der Waals surface area contributed by atoms with Gasteiger partial charge in [-0.05, 0) is 31.1 Å². The number of rotatable bonds is 6. The molecule has 0 bridgehead atoms. The van der Waals surface area contributed by atoms with Crippen LogP contribution in [0, 0.1) is 5.41 Å². The predicted molar refractivity (Wildman–Crippen MR) is 90.9 cm³/mol. The zero-order valence-electron chi connectivity index (χ0n) is 13.5. The monoisotopic (exact) mass is 308 g/mol. The molecule has 0 amide bonds. The van der Waals surface area contributed by atoms with Crippen molar-refractivity contribution in [3.05, 3.63) is 16.1 Å². The number of aryl methyl sites for hydroxylation is 1. The van der Waals surface area contributed by atoms with Crippen LogP contribution in [0.2, 0.25) is 0 Å². The third-order valence-electron chi connectivity index (χ3n) is 4.63. The summed E-state index contributed by atoms with van der Waals surface area (Å²) < 4.78 is 0. The van der Waals surface area contributed by atoms with E-state index in [9.17, 15) is 0 Å². The van der Waals surface area contributed by atoms with Crippen LogP contribution in [0.5, 0.6) is 0 Å². The number of thiazole rings is 1. The second kappa shape index (κ2) is 7.78. The fourth-order valence-corrected chi connectivity index (χ4v) is 3.83. The molecule has 118 valence electrons. The van der Waals surface area contributed by atoms with E-state index in [0.717, 1.165) is 30.5 Å². The van der Waals surface area contributed by atoms with E-state index in [-0.39, 0.29) is 0 Å². The molecule has 0 unspecified atom stereocenters. The van der Waals surface area contributed by atoms with Crippen molar-refractivity contribution in [2.45, 2.75) is 58.9 Å². The molecule has 0 saturated heterocycles. The number of nitrogens with one attached hydrogen (secondary N) is 2. The molecule has 4 nitrogen and oxygen atoms in total. The molecule has 5 heteroatoms. The van der Waals surface area contributed by atoms with Gasteiger partial charge in [-0.15, -0.1) is 11.3 Å². The number of hydrogen-bond acceptors (Lipinski definition) is 3. The minimum Gasteiger partial charge on any atom is -0.356 e. The van der Waals surface area contributed by atoms with Crippen molar-refractivity contribution in [3.8, 4) is 0 Å². The van der Waals surface area contributed by atoms with Crippen LogP contribution in [-0.2, 0) is 13.0 Å². The van der Waals surface area contributed by atoms with Crippen LogP contribution < -0.4 is 10.6 Å². The zero-order chi connectivity index (χ0) is 15.1.